The Morgan fingerprint density at radius 2 is 1.78 bits per heavy atom. The first kappa shape index (κ1) is 23.2. The number of aliphatic imine (C=N–C) groups is 1. The summed E-state index contributed by atoms with van der Waals surface area (Å²) in [7, 11) is 0. The van der Waals surface area contributed by atoms with Crippen LogP contribution in [-0.2, 0) is 17.9 Å². The largest absolute Gasteiger partial charge is 0.411 e. The van der Waals surface area contributed by atoms with E-state index >= 15 is 0 Å². The maximum absolute atomic E-state index is 12.1. The topological polar surface area (TPSA) is 59.6 Å². The van der Waals surface area contributed by atoms with Crippen LogP contribution in [0, 0.1) is 13.8 Å². The van der Waals surface area contributed by atoms with Gasteiger partial charge in [-0.25, -0.2) is 4.99 Å². The number of anilines is 1. The Morgan fingerprint density at radius 3 is 2.44 bits per heavy atom. The second-order valence-electron chi connectivity index (χ2n) is 6.05. The van der Waals surface area contributed by atoms with E-state index in [9.17, 15) is 13.2 Å². The van der Waals surface area contributed by atoms with Crippen molar-refractivity contribution in [3.63, 3.8) is 0 Å². The molecule has 0 bridgehead atoms. The molecule has 0 saturated heterocycles. The molecular weight excluding hydrogens is 470 g/mol. The Hall–Kier alpha value is -1.81. The maximum atomic E-state index is 12.1. The zero-order valence-electron chi connectivity index (χ0n) is 15.1. The van der Waals surface area contributed by atoms with Crippen LogP contribution in [0.5, 0.6) is 0 Å². The molecule has 2 aromatic carbocycles. The highest BCUT2D eigenvalue weighted by atomic mass is 127. The van der Waals surface area contributed by atoms with Crippen LogP contribution >= 0.6 is 24.0 Å². The molecule has 2 rings (SSSR count). The monoisotopic (exact) mass is 493 g/mol. The van der Waals surface area contributed by atoms with Crippen molar-refractivity contribution < 1.29 is 17.9 Å². The van der Waals surface area contributed by atoms with Gasteiger partial charge >= 0.3 is 6.18 Å². The number of rotatable bonds is 6. The molecule has 4 nitrogen and oxygen atoms in total. The maximum Gasteiger partial charge on any atom is 0.411 e. The van der Waals surface area contributed by atoms with Gasteiger partial charge in [-0.2, -0.15) is 13.2 Å². The van der Waals surface area contributed by atoms with Crippen LogP contribution in [0.2, 0.25) is 0 Å². The number of nitrogens with one attached hydrogen (secondary N) is 1. The summed E-state index contributed by atoms with van der Waals surface area (Å²) < 4.78 is 41.0. The van der Waals surface area contributed by atoms with E-state index in [0.717, 1.165) is 16.8 Å². The highest BCUT2D eigenvalue weighted by Crippen LogP contribution is 2.16. The molecule has 3 N–H and O–H groups in total. The lowest BCUT2D eigenvalue weighted by molar-refractivity contribution is -0.176. The summed E-state index contributed by atoms with van der Waals surface area (Å²) in [5.41, 5.74) is 10.6. The fraction of sp³-hybridized carbons (Fsp3) is 0.316. The zero-order valence-corrected chi connectivity index (χ0v) is 17.5. The number of hydrogen-bond acceptors (Lipinski definition) is 2. The molecule has 0 aliphatic carbocycles. The smallest absolute Gasteiger partial charge is 0.370 e. The molecule has 0 spiro atoms. The summed E-state index contributed by atoms with van der Waals surface area (Å²) in [6.45, 7) is 2.99. The number of ether oxygens (including phenoxy) is 1. The van der Waals surface area contributed by atoms with Crippen molar-refractivity contribution in [3.05, 3.63) is 64.7 Å². The number of alkyl halides is 3. The van der Waals surface area contributed by atoms with Gasteiger partial charge in [0.15, 0.2) is 5.96 Å². The Morgan fingerprint density at radius 1 is 1.07 bits per heavy atom. The lowest BCUT2D eigenvalue weighted by Crippen LogP contribution is -2.22. The molecule has 0 radical (unpaired) electrons. The molecule has 27 heavy (non-hydrogen) atoms. The first-order chi connectivity index (χ1) is 12.2. The highest BCUT2D eigenvalue weighted by molar-refractivity contribution is 14.0. The number of hydrogen-bond donors (Lipinski definition) is 2. The van der Waals surface area contributed by atoms with Gasteiger partial charge < -0.3 is 15.8 Å². The first-order valence-electron chi connectivity index (χ1n) is 8.09. The summed E-state index contributed by atoms with van der Waals surface area (Å²) in [6, 6.07) is 12.9. The van der Waals surface area contributed by atoms with Crippen molar-refractivity contribution in [1.82, 2.24) is 0 Å². The quantitative estimate of drug-likeness (QED) is 0.341. The van der Waals surface area contributed by atoms with Crippen LogP contribution in [0.15, 0.2) is 47.5 Å². The Balaban J connectivity index is 0.00000364. The predicted molar refractivity (Wildman–Crippen MR) is 112 cm³/mol. The summed E-state index contributed by atoms with van der Waals surface area (Å²) >= 11 is 0. The highest BCUT2D eigenvalue weighted by Gasteiger charge is 2.27. The van der Waals surface area contributed by atoms with E-state index in [1.807, 2.05) is 38.1 Å². The molecule has 0 fully saturated rings. The molecule has 148 valence electrons. The fourth-order valence-electron chi connectivity index (χ4n) is 2.29. The zero-order chi connectivity index (χ0) is 19.2. The van der Waals surface area contributed by atoms with Crippen molar-refractivity contribution in [2.75, 3.05) is 11.9 Å². The molecule has 0 aromatic heterocycles. The molecule has 0 heterocycles. The molecule has 0 aliphatic rings. The number of nitrogens with zero attached hydrogens (tertiary/aromatic N) is 1. The number of aryl methyl sites for hydroxylation is 2. The number of nitrogens with two attached hydrogens (primary N) is 1. The Bertz CT molecular complexity index is 779. The summed E-state index contributed by atoms with van der Waals surface area (Å²) in [5.74, 6) is 0.270. The molecule has 0 aliphatic heterocycles. The average Bonchev–Trinajstić information content (AvgIpc) is 2.56. The van der Waals surface area contributed by atoms with Gasteiger partial charge in [-0.1, -0.05) is 30.3 Å². The minimum Gasteiger partial charge on any atom is -0.370 e. The standard InChI is InChI=1S/C19H22F3N3O.HI/c1-13-6-7-17(8-14(13)2)25-18(23)24-10-15-4-3-5-16(9-15)11-26-12-19(20,21)22;/h3-9H,10-12H2,1-2H3,(H3,23,24,25);1H. The minimum absolute atomic E-state index is 0. The van der Waals surface area contributed by atoms with Gasteiger partial charge in [-0.3, -0.25) is 0 Å². The molecule has 0 unspecified atom stereocenters. The fourth-order valence-corrected chi connectivity index (χ4v) is 2.29. The van der Waals surface area contributed by atoms with Gasteiger partial charge in [0.1, 0.15) is 6.61 Å². The molecule has 0 atom stereocenters. The van der Waals surface area contributed by atoms with Gasteiger partial charge in [0.2, 0.25) is 0 Å². The van der Waals surface area contributed by atoms with E-state index in [1.54, 1.807) is 18.2 Å². The summed E-state index contributed by atoms with van der Waals surface area (Å²) in [5, 5.41) is 3.02. The third kappa shape index (κ3) is 8.61. The van der Waals surface area contributed by atoms with Crippen LogP contribution in [0.3, 0.4) is 0 Å². The van der Waals surface area contributed by atoms with E-state index in [2.05, 4.69) is 15.0 Å². The number of halogens is 4. The van der Waals surface area contributed by atoms with E-state index in [4.69, 9.17) is 5.73 Å². The van der Waals surface area contributed by atoms with Crippen molar-refractivity contribution >= 4 is 35.6 Å². The van der Waals surface area contributed by atoms with Crippen molar-refractivity contribution in [2.45, 2.75) is 33.2 Å². The van der Waals surface area contributed by atoms with Crippen LogP contribution in [0.4, 0.5) is 18.9 Å². The number of benzene rings is 2. The van der Waals surface area contributed by atoms with Crippen molar-refractivity contribution in [2.24, 2.45) is 10.7 Å². The third-order valence-corrected chi connectivity index (χ3v) is 3.74. The second kappa shape index (κ2) is 10.5. The van der Waals surface area contributed by atoms with Crippen LogP contribution in [-0.4, -0.2) is 18.7 Å². The summed E-state index contributed by atoms with van der Waals surface area (Å²) in [4.78, 5) is 4.26. The van der Waals surface area contributed by atoms with E-state index in [-0.39, 0.29) is 36.5 Å². The second-order valence-corrected chi connectivity index (χ2v) is 6.05. The van der Waals surface area contributed by atoms with E-state index in [1.165, 1.54) is 5.56 Å². The number of guanidine groups is 1. The van der Waals surface area contributed by atoms with Gasteiger partial charge in [0.25, 0.3) is 0 Å². The molecule has 8 heteroatoms. The first-order valence-corrected chi connectivity index (χ1v) is 8.09. The molecule has 0 amide bonds. The van der Waals surface area contributed by atoms with Crippen LogP contribution in [0.1, 0.15) is 22.3 Å². The Kier molecular flexibility index (Phi) is 9.04. The van der Waals surface area contributed by atoms with Gasteiger partial charge in [-0.15, -0.1) is 24.0 Å². The SMILES string of the molecule is Cc1ccc(NC(N)=NCc2cccc(COCC(F)(F)F)c2)cc1C.I. The van der Waals surface area contributed by atoms with Gasteiger partial charge in [0, 0.05) is 5.69 Å². The van der Waals surface area contributed by atoms with E-state index in [0.29, 0.717) is 12.1 Å². The van der Waals surface area contributed by atoms with Crippen molar-refractivity contribution in [3.8, 4) is 0 Å². The summed E-state index contributed by atoms with van der Waals surface area (Å²) in [6.07, 6.45) is -4.32. The van der Waals surface area contributed by atoms with Crippen molar-refractivity contribution in [1.29, 1.82) is 0 Å². The normalized spacial score (nSPS) is 11.8. The molecule has 0 saturated carbocycles. The van der Waals surface area contributed by atoms with Crippen LogP contribution in [0.25, 0.3) is 0 Å². The van der Waals surface area contributed by atoms with Crippen LogP contribution < -0.4 is 11.1 Å². The lowest BCUT2D eigenvalue weighted by atomic mass is 10.1. The Labute approximate surface area is 174 Å². The van der Waals surface area contributed by atoms with Gasteiger partial charge in [0.05, 0.1) is 13.2 Å². The minimum atomic E-state index is -4.32. The van der Waals surface area contributed by atoms with E-state index < -0.39 is 12.8 Å². The average molecular weight is 493 g/mol. The predicted octanol–water partition coefficient (Wildman–Crippen LogP) is 4.93. The molecular formula is C19H23F3IN3O. The third-order valence-electron chi connectivity index (χ3n) is 3.74. The van der Waals surface area contributed by atoms with Gasteiger partial charge in [-0.05, 0) is 48.2 Å². The molecule has 2 aromatic rings. The lowest BCUT2D eigenvalue weighted by Gasteiger charge is -2.09.